The van der Waals surface area contributed by atoms with E-state index in [2.05, 4.69) is 12.2 Å². The summed E-state index contributed by atoms with van der Waals surface area (Å²) in [6.45, 7) is -0.256. The topological polar surface area (TPSA) is 97.5 Å². The Labute approximate surface area is 128 Å². The van der Waals surface area contributed by atoms with Gasteiger partial charge < -0.3 is 5.73 Å². The van der Waals surface area contributed by atoms with Crippen LogP contribution >= 0.6 is 12.2 Å². The summed E-state index contributed by atoms with van der Waals surface area (Å²) in [6, 6.07) is 3.43. The minimum Gasteiger partial charge on any atom is -0.389 e. The third-order valence-electron chi connectivity index (χ3n) is 2.69. The van der Waals surface area contributed by atoms with E-state index < -0.39 is 25.7 Å². The number of benzene rings is 1. The monoisotopic (exact) mass is 354 g/mol. The maximum atomic E-state index is 13.7. The van der Waals surface area contributed by atoms with Gasteiger partial charge in [0.25, 0.3) is 0 Å². The molecule has 0 unspecified atom stereocenters. The zero-order valence-electron chi connectivity index (χ0n) is 11.4. The summed E-state index contributed by atoms with van der Waals surface area (Å²) in [6.07, 6.45) is 0.996. The molecule has 0 saturated carbocycles. The lowest BCUT2D eigenvalue weighted by molar-refractivity contribution is 0.483. The number of hydrogen-bond acceptors (Lipinski definition) is 5. The van der Waals surface area contributed by atoms with Crippen LogP contribution in [-0.2, 0) is 19.9 Å². The van der Waals surface area contributed by atoms with E-state index >= 15 is 0 Å². The van der Waals surface area contributed by atoms with Crippen LogP contribution in [0.25, 0.3) is 0 Å². The van der Waals surface area contributed by atoms with Crippen LogP contribution in [0.1, 0.15) is 5.56 Å². The van der Waals surface area contributed by atoms with Crippen LogP contribution in [0.2, 0.25) is 0 Å². The highest BCUT2D eigenvalue weighted by Crippen LogP contribution is 2.22. The average Bonchev–Trinajstić information content (AvgIpc) is 2.34. The third-order valence-corrected chi connectivity index (χ3v) is 5.71. The molecule has 0 aliphatic heterocycles. The fourth-order valence-corrected chi connectivity index (χ4v) is 3.92. The summed E-state index contributed by atoms with van der Waals surface area (Å²) in [4.78, 5) is -0.769. The number of nitrogens with zero attached hydrogens (tertiary/aromatic N) is 1. The fourth-order valence-electron chi connectivity index (χ4n) is 1.54. The summed E-state index contributed by atoms with van der Waals surface area (Å²) in [5.41, 5.74) is 4.99. The number of rotatable bonds is 6. The molecule has 0 heterocycles. The molecule has 1 aromatic carbocycles. The van der Waals surface area contributed by atoms with Crippen molar-refractivity contribution in [1.82, 2.24) is 4.31 Å². The zero-order valence-corrected chi connectivity index (χ0v) is 13.9. The van der Waals surface area contributed by atoms with Crippen LogP contribution in [0.4, 0.5) is 4.39 Å². The summed E-state index contributed by atoms with van der Waals surface area (Å²) < 4.78 is 61.5. The second-order valence-electron chi connectivity index (χ2n) is 4.43. The molecule has 10 heteroatoms. The van der Waals surface area contributed by atoms with Gasteiger partial charge in [0, 0.05) is 19.8 Å². The van der Waals surface area contributed by atoms with Crippen LogP contribution < -0.4 is 5.73 Å². The SMILES string of the molecule is CN(CCS(C)(=O)=O)S(=O)(=O)c1cccc(F)c1C(N)=S. The molecule has 0 fully saturated rings. The first-order valence-electron chi connectivity index (χ1n) is 5.69. The molecule has 0 spiro atoms. The van der Waals surface area contributed by atoms with Crippen LogP contribution in [-0.4, -0.2) is 51.7 Å². The van der Waals surface area contributed by atoms with Crippen molar-refractivity contribution in [1.29, 1.82) is 0 Å². The second-order valence-corrected chi connectivity index (χ2v) is 9.15. The smallest absolute Gasteiger partial charge is 0.243 e. The predicted octanol–water partition coefficient (Wildman–Crippen LogP) is 0.125. The minimum absolute atomic E-state index is 0.256. The van der Waals surface area contributed by atoms with Gasteiger partial charge in [-0.2, -0.15) is 4.31 Å². The first-order chi connectivity index (χ1) is 9.47. The van der Waals surface area contributed by atoms with Crippen LogP contribution in [0, 0.1) is 5.82 Å². The van der Waals surface area contributed by atoms with Gasteiger partial charge >= 0.3 is 0 Å². The van der Waals surface area contributed by atoms with Crippen LogP contribution in [0.15, 0.2) is 23.1 Å². The highest BCUT2D eigenvalue weighted by atomic mass is 32.2. The summed E-state index contributed by atoms with van der Waals surface area (Å²) >= 11 is 4.68. The van der Waals surface area contributed by atoms with E-state index in [0.29, 0.717) is 0 Å². The number of halogens is 1. The predicted molar refractivity (Wildman–Crippen MR) is 81.8 cm³/mol. The van der Waals surface area contributed by atoms with Crippen molar-refractivity contribution in [2.75, 3.05) is 25.6 Å². The lowest BCUT2D eigenvalue weighted by Crippen LogP contribution is -2.33. The molecule has 0 amide bonds. The molecule has 0 radical (unpaired) electrons. The Morgan fingerprint density at radius 1 is 1.33 bits per heavy atom. The molecule has 0 saturated heterocycles. The molecule has 0 aliphatic rings. The maximum absolute atomic E-state index is 13.7. The van der Waals surface area contributed by atoms with Crippen LogP contribution in [0.3, 0.4) is 0 Å². The van der Waals surface area contributed by atoms with Crippen molar-refractivity contribution in [3.05, 3.63) is 29.6 Å². The fraction of sp³-hybridized carbons (Fsp3) is 0.364. The Kier molecular flexibility index (Phi) is 5.42. The molecule has 0 atom stereocenters. The van der Waals surface area contributed by atoms with Crippen molar-refractivity contribution in [3.63, 3.8) is 0 Å². The quantitative estimate of drug-likeness (QED) is 0.729. The summed E-state index contributed by atoms with van der Waals surface area (Å²) in [7, 11) is -6.22. The number of thiocarbonyl (C=S) groups is 1. The Balaban J connectivity index is 3.26. The molecule has 0 aromatic heterocycles. The van der Waals surface area contributed by atoms with Crippen molar-refractivity contribution >= 4 is 37.1 Å². The van der Waals surface area contributed by atoms with Gasteiger partial charge in [-0.25, -0.2) is 21.2 Å². The van der Waals surface area contributed by atoms with E-state index in [0.717, 1.165) is 16.6 Å². The first kappa shape index (κ1) is 18.0. The Morgan fingerprint density at radius 2 is 1.90 bits per heavy atom. The third kappa shape index (κ3) is 4.43. The molecule has 1 aromatic rings. The molecule has 118 valence electrons. The largest absolute Gasteiger partial charge is 0.389 e. The van der Waals surface area contributed by atoms with Gasteiger partial charge in [0.05, 0.1) is 16.2 Å². The molecule has 21 heavy (non-hydrogen) atoms. The lowest BCUT2D eigenvalue weighted by Gasteiger charge is -2.18. The maximum Gasteiger partial charge on any atom is 0.243 e. The van der Waals surface area contributed by atoms with E-state index in [9.17, 15) is 21.2 Å². The van der Waals surface area contributed by atoms with Gasteiger partial charge in [0.1, 0.15) is 20.6 Å². The molecule has 2 N–H and O–H groups in total. The minimum atomic E-state index is -4.10. The van der Waals surface area contributed by atoms with Gasteiger partial charge in [-0.15, -0.1) is 0 Å². The van der Waals surface area contributed by atoms with Crippen molar-refractivity contribution in [2.45, 2.75) is 4.90 Å². The number of sulfonamides is 1. The molecular formula is C11H15FN2O4S3. The molecule has 6 nitrogen and oxygen atoms in total. The van der Waals surface area contributed by atoms with E-state index in [1.165, 1.54) is 19.2 Å². The summed E-state index contributed by atoms with van der Waals surface area (Å²) in [5.74, 6) is -1.19. The Bertz CT molecular complexity index is 760. The van der Waals surface area contributed by atoms with Gasteiger partial charge in [-0.05, 0) is 12.1 Å². The molecule has 0 aliphatic carbocycles. The Morgan fingerprint density at radius 3 is 2.38 bits per heavy atom. The van der Waals surface area contributed by atoms with Crippen molar-refractivity contribution < 1.29 is 21.2 Å². The number of nitrogens with two attached hydrogens (primary N) is 1. The van der Waals surface area contributed by atoms with E-state index in [4.69, 9.17) is 5.73 Å². The zero-order chi connectivity index (χ0) is 16.4. The standard InChI is InChI=1S/C11H15FN2O4S3/c1-14(6-7-20(2,15)16)21(17,18)9-5-3-4-8(12)10(9)11(13)19/h3-5H,6-7H2,1-2H3,(H2,13,19). The highest BCUT2D eigenvalue weighted by molar-refractivity contribution is 7.91. The normalized spacial score (nSPS) is 12.6. The highest BCUT2D eigenvalue weighted by Gasteiger charge is 2.27. The average molecular weight is 354 g/mol. The van der Waals surface area contributed by atoms with Crippen molar-refractivity contribution in [2.24, 2.45) is 5.73 Å². The summed E-state index contributed by atoms with van der Waals surface area (Å²) in [5, 5.41) is 0. The molecule has 0 bridgehead atoms. The van der Waals surface area contributed by atoms with E-state index in [1.54, 1.807) is 0 Å². The van der Waals surface area contributed by atoms with E-state index in [1.807, 2.05) is 0 Å². The number of sulfone groups is 1. The lowest BCUT2D eigenvalue weighted by atomic mass is 10.2. The van der Waals surface area contributed by atoms with Gasteiger partial charge in [0.2, 0.25) is 10.0 Å². The first-order valence-corrected chi connectivity index (χ1v) is 9.60. The van der Waals surface area contributed by atoms with Crippen LogP contribution in [0.5, 0.6) is 0 Å². The number of hydrogen-bond donors (Lipinski definition) is 1. The molecule has 1 rings (SSSR count). The van der Waals surface area contributed by atoms with Gasteiger partial charge in [-0.3, -0.25) is 0 Å². The van der Waals surface area contributed by atoms with Gasteiger partial charge in [-0.1, -0.05) is 18.3 Å². The van der Waals surface area contributed by atoms with Crippen molar-refractivity contribution in [3.8, 4) is 0 Å². The second kappa shape index (κ2) is 6.34. The molecular weight excluding hydrogens is 339 g/mol. The van der Waals surface area contributed by atoms with Gasteiger partial charge in [0.15, 0.2) is 0 Å². The Hall–Kier alpha value is -1.10. The van der Waals surface area contributed by atoms with E-state index in [-0.39, 0.29) is 27.7 Å².